The van der Waals surface area contributed by atoms with Crippen LogP contribution in [0.1, 0.15) is 45.3 Å². The van der Waals surface area contributed by atoms with Crippen molar-refractivity contribution in [2.45, 2.75) is 26.2 Å². The van der Waals surface area contributed by atoms with Crippen LogP contribution in [0.5, 0.6) is 0 Å². The van der Waals surface area contributed by atoms with Crippen LogP contribution in [0.3, 0.4) is 0 Å². The van der Waals surface area contributed by atoms with Crippen molar-refractivity contribution in [3.8, 4) is 22.4 Å². The summed E-state index contributed by atoms with van der Waals surface area (Å²) in [6.45, 7) is 9.97. The van der Waals surface area contributed by atoms with Crippen molar-refractivity contribution in [3.05, 3.63) is 123 Å². The van der Waals surface area contributed by atoms with E-state index in [9.17, 15) is 19.5 Å². The molecule has 0 amide bonds. The number of rotatable bonds is 8. The van der Waals surface area contributed by atoms with E-state index in [4.69, 9.17) is 6.57 Å². The molecule has 0 bridgehead atoms. The van der Waals surface area contributed by atoms with Crippen molar-refractivity contribution in [1.29, 1.82) is 0 Å². The van der Waals surface area contributed by atoms with Crippen molar-refractivity contribution < 1.29 is 14.7 Å². The lowest BCUT2D eigenvalue weighted by molar-refractivity contribution is 0.0691. The van der Waals surface area contributed by atoms with Gasteiger partial charge in [-0.1, -0.05) is 67.6 Å². The number of ketones is 1. The fourth-order valence-electron chi connectivity index (χ4n) is 5.87. The molecule has 0 unspecified atom stereocenters. The van der Waals surface area contributed by atoms with Gasteiger partial charge in [0.05, 0.1) is 35.1 Å². The molecule has 6 aromatic rings. The molecule has 0 saturated heterocycles. The van der Waals surface area contributed by atoms with Gasteiger partial charge in [0.1, 0.15) is 0 Å². The molecule has 0 spiro atoms. The number of Topliss-reactive ketones (excluding diaryl/α,β-unsaturated/α-hetero) is 1. The molecular formula is C35H27N5O4. The van der Waals surface area contributed by atoms with Gasteiger partial charge in [-0.25, -0.2) is 14.7 Å². The number of aromatic carboxylic acids is 1. The predicted octanol–water partition coefficient (Wildman–Crippen LogP) is 6.77. The van der Waals surface area contributed by atoms with Crippen LogP contribution in [0.25, 0.3) is 48.8 Å². The van der Waals surface area contributed by atoms with Crippen LogP contribution < -0.4 is 5.56 Å². The zero-order chi connectivity index (χ0) is 31.0. The minimum absolute atomic E-state index is 0.00766. The third-order valence-electron chi connectivity index (χ3n) is 8.00. The number of nitrogens with zero attached hydrogens (tertiary/aromatic N) is 4. The molecule has 0 fully saturated rings. The Hall–Kier alpha value is -5.88. The van der Waals surface area contributed by atoms with Gasteiger partial charge in [-0.2, -0.15) is 10.2 Å². The van der Waals surface area contributed by atoms with Gasteiger partial charge in [-0.3, -0.25) is 14.3 Å². The summed E-state index contributed by atoms with van der Waals surface area (Å²) in [6.07, 6.45) is 2.53. The Morgan fingerprint density at radius 1 is 0.977 bits per heavy atom. The molecular weight excluding hydrogens is 554 g/mol. The summed E-state index contributed by atoms with van der Waals surface area (Å²) in [4.78, 5) is 41.7. The third kappa shape index (κ3) is 4.82. The second kappa shape index (κ2) is 11.4. The average Bonchev–Trinajstić information content (AvgIpc) is 3.43. The van der Waals surface area contributed by atoms with Crippen LogP contribution in [-0.4, -0.2) is 36.8 Å². The number of aromatic amines is 1. The first-order valence-corrected chi connectivity index (χ1v) is 14.1. The van der Waals surface area contributed by atoms with E-state index in [1.165, 1.54) is 12.1 Å². The molecule has 2 aromatic heterocycles. The SMILES string of the molecule is [C-]#[N+]c1c(-c2c(-c3cc(CC)c4c(=O)[nH]nc(CCC(=O)c5ccccc5C(=O)O)c4c3)cnn2C)ccc2ccccc12. The van der Waals surface area contributed by atoms with Crippen LogP contribution >= 0.6 is 0 Å². The first kappa shape index (κ1) is 28.2. The summed E-state index contributed by atoms with van der Waals surface area (Å²) in [6, 6.07) is 21.7. The average molecular weight is 582 g/mol. The third-order valence-corrected chi connectivity index (χ3v) is 8.00. The summed E-state index contributed by atoms with van der Waals surface area (Å²) in [7, 11) is 1.84. The van der Waals surface area contributed by atoms with E-state index >= 15 is 0 Å². The van der Waals surface area contributed by atoms with Gasteiger partial charge in [0.2, 0.25) is 5.69 Å². The molecule has 0 aliphatic rings. The highest BCUT2D eigenvalue weighted by Gasteiger charge is 2.21. The maximum Gasteiger partial charge on any atom is 0.336 e. The van der Waals surface area contributed by atoms with E-state index in [1.54, 1.807) is 23.0 Å². The van der Waals surface area contributed by atoms with Crippen LogP contribution in [0.2, 0.25) is 0 Å². The van der Waals surface area contributed by atoms with Crippen LogP contribution in [0, 0.1) is 6.57 Å². The van der Waals surface area contributed by atoms with Gasteiger partial charge in [0.25, 0.3) is 5.56 Å². The monoisotopic (exact) mass is 581 g/mol. The second-order valence-electron chi connectivity index (χ2n) is 10.5. The number of carbonyl (C=O) groups excluding carboxylic acids is 1. The lowest BCUT2D eigenvalue weighted by atomic mass is 9.92. The number of aromatic nitrogens is 4. The van der Waals surface area contributed by atoms with Crippen molar-refractivity contribution in [2.24, 2.45) is 7.05 Å². The Morgan fingerprint density at radius 3 is 2.48 bits per heavy atom. The maximum absolute atomic E-state index is 13.1. The fraction of sp³-hybridized carbons (Fsp3) is 0.143. The number of H-pyrrole nitrogens is 1. The predicted molar refractivity (Wildman–Crippen MR) is 169 cm³/mol. The molecule has 9 nitrogen and oxygen atoms in total. The lowest BCUT2D eigenvalue weighted by Crippen LogP contribution is -2.15. The Labute approximate surface area is 252 Å². The van der Waals surface area contributed by atoms with Gasteiger partial charge in [-0.15, -0.1) is 0 Å². The molecule has 6 rings (SSSR count). The fourth-order valence-corrected chi connectivity index (χ4v) is 5.87. The summed E-state index contributed by atoms with van der Waals surface area (Å²) in [5.74, 6) is -1.49. The summed E-state index contributed by atoms with van der Waals surface area (Å²) in [5.41, 5.74) is 4.73. The van der Waals surface area contributed by atoms with E-state index < -0.39 is 5.97 Å². The first-order valence-electron chi connectivity index (χ1n) is 14.1. The highest BCUT2D eigenvalue weighted by atomic mass is 16.4. The van der Waals surface area contributed by atoms with Crippen molar-refractivity contribution >= 4 is 39.0 Å². The number of nitrogens with one attached hydrogen (secondary N) is 1. The normalized spacial score (nSPS) is 11.1. The second-order valence-corrected chi connectivity index (χ2v) is 10.5. The summed E-state index contributed by atoms with van der Waals surface area (Å²) < 4.78 is 1.75. The van der Waals surface area contributed by atoms with Gasteiger partial charge >= 0.3 is 5.97 Å². The molecule has 0 saturated carbocycles. The minimum atomic E-state index is -1.17. The number of benzene rings is 4. The van der Waals surface area contributed by atoms with E-state index in [0.29, 0.717) is 28.6 Å². The molecule has 0 radical (unpaired) electrons. The van der Waals surface area contributed by atoms with Crippen molar-refractivity contribution in [3.63, 3.8) is 0 Å². The molecule has 2 N–H and O–H groups in total. The van der Waals surface area contributed by atoms with Crippen LogP contribution in [-0.2, 0) is 19.9 Å². The molecule has 9 heteroatoms. The summed E-state index contributed by atoms with van der Waals surface area (Å²) in [5, 5.41) is 23.9. The molecule has 216 valence electrons. The summed E-state index contributed by atoms with van der Waals surface area (Å²) >= 11 is 0. The zero-order valence-electron chi connectivity index (χ0n) is 24.1. The molecule has 2 heterocycles. The van der Waals surface area contributed by atoms with Gasteiger partial charge in [0.15, 0.2) is 5.78 Å². The number of carboxylic acids is 1. The zero-order valence-corrected chi connectivity index (χ0v) is 24.1. The standard InChI is InChI=1S/C35H27N5O4/c1-4-20-17-22(28-19-37-40(3)33(28)26-14-13-21-9-5-6-10-23(21)32(26)36-2)18-27-29(38-39-34(42)31(20)27)15-16-30(41)24-11-7-8-12-25(24)35(43)44/h5-14,17-19H,4,15-16H2,1,3H3,(H,39,42)(H,43,44). The Kier molecular flexibility index (Phi) is 7.33. The number of hydrogen-bond donors (Lipinski definition) is 2. The maximum atomic E-state index is 13.1. The Balaban J connectivity index is 1.48. The molecule has 0 aliphatic heterocycles. The van der Waals surface area contributed by atoms with Gasteiger partial charge < -0.3 is 5.11 Å². The lowest BCUT2D eigenvalue weighted by Gasteiger charge is -2.14. The van der Waals surface area contributed by atoms with E-state index in [0.717, 1.165) is 38.7 Å². The highest BCUT2D eigenvalue weighted by Crippen LogP contribution is 2.42. The smallest absolute Gasteiger partial charge is 0.336 e. The largest absolute Gasteiger partial charge is 0.478 e. The number of aryl methyl sites for hydroxylation is 3. The number of carbonyl (C=O) groups is 2. The number of hydrogen-bond acceptors (Lipinski definition) is 5. The molecule has 0 atom stereocenters. The highest BCUT2D eigenvalue weighted by molar-refractivity contribution is 6.06. The van der Waals surface area contributed by atoms with Crippen LogP contribution in [0.15, 0.2) is 83.8 Å². The minimum Gasteiger partial charge on any atom is -0.478 e. The Morgan fingerprint density at radius 2 is 1.73 bits per heavy atom. The number of carboxylic acid groups (broad SMARTS) is 1. The topological polar surface area (TPSA) is 122 Å². The molecule has 0 aliphatic carbocycles. The van der Waals surface area contributed by atoms with Crippen molar-refractivity contribution in [1.82, 2.24) is 20.0 Å². The molecule has 44 heavy (non-hydrogen) atoms. The first-order chi connectivity index (χ1) is 21.3. The quantitative estimate of drug-likeness (QED) is 0.151. The van der Waals surface area contributed by atoms with Crippen molar-refractivity contribution in [2.75, 3.05) is 0 Å². The van der Waals surface area contributed by atoms with Gasteiger partial charge in [0, 0.05) is 35.5 Å². The van der Waals surface area contributed by atoms with Gasteiger partial charge in [-0.05, 0) is 46.9 Å². The molecule has 4 aromatic carbocycles. The number of fused-ring (bicyclic) bond motifs is 2. The Bertz CT molecular complexity index is 2220. The van der Waals surface area contributed by atoms with E-state index in [2.05, 4.69) is 20.1 Å². The van der Waals surface area contributed by atoms with E-state index in [-0.39, 0.29) is 35.3 Å². The van der Waals surface area contributed by atoms with Crippen LogP contribution in [0.4, 0.5) is 5.69 Å². The van der Waals surface area contributed by atoms with E-state index in [1.807, 2.05) is 62.5 Å².